The van der Waals surface area contributed by atoms with Crippen molar-refractivity contribution in [1.29, 1.82) is 5.26 Å². The lowest BCUT2D eigenvalue weighted by molar-refractivity contribution is -0.134. The predicted molar refractivity (Wildman–Crippen MR) is 53.4 cm³/mol. The minimum atomic E-state index is -0.296. The second kappa shape index (κ2) is 4.43. The highest BCUT2D eigenvalue weighted by molar-refractivity contribution is 5.79. The lowest BCUT2D eigenvalue weighted by Crippen LogP contribution is -2.44. The monoisotopic (exact) mass is 195 g/mol. The standard InChI is InChI=1S/C10H17N3O/c1-7(2)10(14)13-5-4-8(12-3)9(13)6-11/h7-9,12H,4-5H2,1-3H3/t8-,9+/m0/s1. The summed E-state index contributed by atoms with van der Waals surface area (Å²) in [5.41, 5.74) is 0. The van der Waals surface area contributed by atoms with Gasteiger partial charge in [-0.15, -0.1) is 0 Å². The molecule has 0 spiro atoms. The maximum atomic E-state index is 11.7. The third-order valence-corrected chi connectivity index (χ3v) is 2.68. The van der Waals surface area contributed by atoms with Gasteiger partial charge in [0.2, 0.25) is 5.91 Å². The molecule has 2 atom stereocenters. The molecule has 0 unspecified atom stereocenters. The summed E-state index contributed by atoms with van der Waals surface area (Å²) in [6.07, 6.45) is 0.868. The smallest absolute Gasteiger partial charge is 0.226 e. The van der Waals surface area contributed by atoms with Crippen LogP contribution in [0.1, 0.15) is 20.3 Å². The first-order chi connectivity index (χ1) is 6.61. The zero-order valence-electron chi connectivity index (χ0n) is 8.95. The summed E-state index contributed by atoms with van der Waals surface area (Å²) in [6.45, 7) is 4.42. The Morgan fingerprint density at radius 1 is 1.64 bits per heavy atom. The highest BCUT2D eigenvalue weighted by atomic mass is 16.2. The molecule has 78 valence electrons. The SMILES string of the molecule is CN[C@H]1CCN(C(=O)C(C)C)[C@@H]1C#N. The van der Waals surface area contributed by atoms with Crippen molar-refractivity contribution in [2.24, 2.45) is 5.92 Å². The lowest BCUT2D eigenvalue weighted by atomic mass is 10.1. The van der Waals surface area contributed by atoms with Crippen molar-refractivity contribution in [3.05, 3.63) is 0 Å². The van der Waals surface area contributed by atoms with E-state index in [2.05, 4.69) is 11.4 Å². The Bertz CT molecular complexity index is 257. The van der Waals surface area contributed by atoms with Crippen molar-refractivity contribution < 1.29 is 4.79 Å². The second-order valence-corrected chi connectivity index (χ2v) is 3.94. The van der Waals surface area contributed by atoms with Crippen molar-refractivity contribution in [3.63, 3.8) is 0 Å². The van der Waals surface area contributed by atoms with Crippen LogP contribution < -0.4 is 5.32 Å². The van der Waals surface area contributed by atoms with Crippen molar-refractivity contribution >= 4 is 5.91 Å². The lowest BCUT2D eigenvalue weighted by Gasteiger charge is -2.23. The summed E-state index contributed by atoms with van der Waals surface area (Å²) in [4.78, 5) is 13.4. The molecular formula is C10H17N3O. The quantitative estimate of drug-likeness (QED) is 0.692. The molecule has 0 aromatic rings. The van der Waals surface area contributed by atoms with Gasteiger partial charge in [-0.2, -0.15) is 5.26 Å². The predicted octanol–water partition coefficient (Wildman–Crippen LogP) is 0.355. The van der Waals surface area contributed by atoms with Crippen LogP contribution in [-0.4, -0.2) is 36.5 Å². The molecule has 0 aliphatic carbocycles. The van der Waals surface area contributed by atoms with Crippen LogP contribution in [-0.2, 0) is 4.79 Å². The van der Waals surface area contributed by atoms with Crippen molar-refractivity contribution in [1.82, 2.24) is 10.2 Å². The van der Waals surface area contributed by atoms with E-state index in [9.17, 15) is 4.79 Å². The number of nitrogens with zero attached hydrogens (tertiary/aromatic N) is 2. The van der Waals surface area contributed by atoms with Gasteiger partial charge in [-0.1, -0.05) is 13.8 Å². The average Bonchev–Trinajstić information content (AvgIpc) is 2.58. The summed E-state index contributed by atoms with van der Waals surface area (Å²) in [7, 11) is 1.83. The number of nitriles is 1. The molecule has 1 N–H and O–H groups in total. The topological polar surface area (TPSA) is 56.1 Å². The number of nitrogens with one attached hydrogen (secondary N) is 1. The first-order valence-corrected chi connectivity index (χ1v) is 4.99. The number of rotatable bonds is 2. The van der Waals surface area contributed by atoms with E-state index in [0.717, 1.165) is 6.42 Å². The number of carbonyl (C=O) groups is 1. The van der Waals surface area contributed by atoms with Crippen molar-refractivity contribution in [2.75, 3.05) is 13.6 Å². The largest absolute Gasteiger partial charge is 0.325 e. The van der Waals surface area contributed by atoms with Crippen molar-refractivity contribution in [2.45, 2.75) is 32.4 Å². The molecule has 0 saturated carbocycles. The van der Waals surface area contributed by atoms with Crippen LogP contribution in [0.2, 0.25) is 0 Å². The Hall–Kier alpha value is -1.08. The number of hydrogen-bond acceptors (Lipinski definition) is 3. The molecular weight excluding hydrogens is 178 g/mol. The van der Waals surface area contributed by atoms with Crippen LogP contribution in [0.15, 0.2) is 0 Å². The zero-order chi connectivity index (χ0) is 10.7. The third kappa shape index (κ3) is 1.88. The molecule has 4 heteroatoms. The number of carbonyl (C=O) groups excluding carboxylic acids is 1. The molecule has 1 aliphatic rings. The van der Waals surface area contributed by atoms with Crippen LogP contribution in [0.4, 0.5) is 0 Å². The minimum absolute atomic E-state index is 0.0264. The van der Waals surface area contributed by atoms with Gasteiger partial charge in [-0.3, -0.25) is 4.79 Å². The normalized spacial score (nSPS) is 26.6. The van der Waals surface area contributed by atoms with E-state index in [-0.39, 0.29) is 23.9 Å². The van der Waals surface area contributed by atoms with Crippen LogP contribution in [0.3, 0.4) is 0 Å². The first-order valence-electron chi connectivity index (χ1n) is 4.99. The number of hydrogen-bond donors (Lipinski definition) is 1. The molecule has 14 heavy (non-hydrogen) atoms. The van der Waals surface area contributed by atoms with E-state index in [4.69, 9.17) is 5.26 Å². The van der Waals surface area contributed by atoms with Crippen molar-refractivity contribution in [3.8, 4) is 6.07 Å². The third-order valence-electron chi connectivity index (χ3n) is 2.68. The molecule has 1 rings (SSSR count). The fourth-order valence-corrected chi connectivity index (χ4v) is 1.83. The Morgan fingerprint density at radius 2 is 2.29 bits per heavy atom. The molecule has 0 radical (unpaired) electrons. The Morgan fingerprint density at radius 3 is 2.71 bits per heavy atom. The molecule has 0 aromatic heterocycles. The summed E-state index contributed by atoms with van der Waals surface area (Å²) in [5, 5.41) is 12.1. The van der Waals surface area contributed by atoms with E-state index in [1.165, 1.54) is 0 Å². The van der Waals surface area contributed by atoms with Crippen LogP contribution in [0.25, 0.3) is 0 Å². The second-order valence-electron chi connectivity index (χ2n) is 3.94. The van der Waals surface area contributed by atoms with Gasteiger partial charge >= 0.3 is 0 Å². The molecule has 0 bridgehead atoms. The molecule has 1 amide bonds. The fourth-order valence-electron chi connectivity index (χ4n) is 1.83. The molecule has 0 aromatic carbocycles. The summed E-state index contributed by atoms with van der Waals surface area (Å²) in [6, 6.07) is 2.02. The van der Waals surface area contributed by atoms with Gasteiger partial charge in [0.25, 0.3) is 0 Å². The number of amides is 1. The van der Waals surface area contributed by atoms with Crippen LogP contribution in [0, 0.1) is 17.2 Å². The average molecular weight is 195 g/mol. The summed E-state index contributed by atoms with van der Waals surface area (Å²) >= 11 is 0. The van der Waals surface area contributed by atoms with Gasteiger partial charge in [0, 0.05) is 18.5 Å². The fraction of sp³-hybridized carbons (Fsp3) is 0.800. The van der Waals surface area contributed by atoms with E-state index in [1.54, 1.807) is 4.90 Å². The van der Waals surface area contributed by atoms with E-state index < -0.39 is 0 Å². The number of likely N-dealkylation sites (tertiary alicyclic amines) is 1. The highest BCUT2D eigenvalue weighted by Gasteiger charge is 2.36. The van der Waals surface area contributed by atoms with Crippen LogP contribution in [0.5, 0.6) is 0 Å². The zero-order valence-corrected chi connectivity index (χ0v) is 8.95. The Balaban J connectivity index is 2.73. The molecule has 1 aliphatic heterocycles. The Labute approximate surface area is 84.9 Å². The molecule has 1 fully saturated rings. The van der Waals surface area contributed by atoms with E-state index >= 15 is 0 Å². The van der Waals surface area contributed by atoms with Gasteiger partial charge in [0.05, 0.1) is 6.07 Å². The molecule has 4 nitrogen and oxygen atoms in total. The van der Waals surface area contributed by atoms with E-state index in [1.807, 2.05) is 20.9 Å². The van der Waals surface area contributed by atoms with Gasteiger partial charge in [-0.25, -0.2) is 0 Å². The van der Waals surface area contributed by atoms with Gasteiger partial charge in [-0.05, 0) is 13.5 Å². The van der Waals surface area contributed by atoms with E-state index in [0.29, 0.717) is 6.54 Å². The summed E-state index contributed by atoms with van der Waals surface area (Å²) in [5.74, 6) is 0.0516. The summed E-state index contributed by atoms with van der Waals surface area (Å²) < 4.78 is 0. The first kappa shape index (κ1) is 11.0. The van der Waals surface area contributed by atoms with Gasteiger partial charge in [0.15, 0.2) is 0 Å². The maximum absolute atomic E-state index is 11.7. The highest BCUT2D eigenvalue weighted by Crippen LogP contribution is 2.19. The van der Waals surface area contributed by atoms with Gasteiger partial charge < -0.3 is 10.2 Å². The maximum Gasteiger partial charge on any atom is 0.226 e. The minimum Gasteiger partial charge on any atom is -0.325 e. The molecule has 1 saturated heterocycles. The van der Waals surface area contributed by atoms with Gasteiger partial charge in [0.1, 0.15) is 6.04 Å². The van der Waals surface area contributed by atoms with Crippen LogP contribution >= 0.6 is 0 Å². The number of likely N-dealkylation sites (N-methyl/N-ethyl adjacent to an activating group) is 1. The Kier molecular flexibility index (Phi) is 3.48. The molecule has 1 heterocycles.